The number of anilines is 1. The first-order chi connectivity index (χ1) is 15.5. The minimum Gasteiger partial charge on any atom is -0.328 e. The van der Waals surface area contributed by atoms with Gasteiger partial charge in [0.25, 0.3) is 12.3 Å². The summed E-state index contributed by atoms with van der Waals surface area (Å²) < 4.78 is 41.1. The number of nitrogens with zero attached hydrogens (tertiary/aromatic N) is 2. The van der Waals surface area contributed by atoms with Crippen molar-refractivity contribution in [1.29, 1.82) is 0 Å². The number of hydrogen-bond donors (Lipinski definition) is 2. The minimum atomic E-state index is -2.97. The lowest BCUT2D eigenvalue weighted by Gasteiger charge is -2.16. The number of amides is 1. The number of carbonyl (C=O) groups is 2. The van der Waals surface area contributed by atoms with Gasteiger partial charge in [-0.25, -0.2) is 18.2 Å². The highest BCUT2D eigenvalue weighted by Gasteiger charge is 2.24. The van der Waals surface area contributed by atoms with Gasteiger partial charge < -0.3 is 4.98 Å². The van der Waals surface area contributed by atoms with Crippen LogP contribution in [0.5, 0.6) is 0 Å². The molecule has 0 atom stereocenters. The standard InChI is InChI=1S/C24H25F3N4O2/c1-13-19(15-7-5-6-8-17(15)25)30-23(29-13)31-22(33)16-11-14(12-28-20(16)21(26)27)9-10-18(32)24(2,3)4/h5-8,11-12,21H,9-10H2,1-4H3,(H2,29,30,31,33). The van der Waals surface area contributed by atoms with Crippen LogP contribution in [0.4, 0.5) is 19.1 Å². The van der Waals surface area contributed by atoms with Crippen molar-refractivity contribution in [2.75, 3.05) is 5.32 Å². The van der Waals surface area contributed by atoms with Crippen molar-refractivity contribution in [3.05, 3.63) is 64.9 Å². The number of hydrogen-bond acceptors (Lipinski definition) is 4. The van der Waals surface area contributed by atoms with Crippen LogP contribution in [0, 0.1) is 18.2 Å². The van der Waals surface area contributed by atoms with Crippen molar-refractivity contribution in [2.24, 2.45) is 5.41 Å². The normalized spacial score (nSPS) is 11.6. The van der Waals surface area contributed by atoms with Crippen molar-refractivity contribution >= 4 is 17.6 Å². The number of aromatic amines is 1. The van der Waals surface area contributed by atoms with E-state index in [1.807, 2.05) is 0 Å². The second-order valence-corrected chi connectivity index (χ2v) is 8.74. The topological polar surface area (TPSA) is 87.7 Å². The maximum atomic E-state index is 14.1. The number of nitrogens with one attached hydrogen (secondary N) is 2. The molecule has 1 aromatic carbocycles. The lowest BCUT2D eigenvalue weighted by molar-refractivity contribution is -0.126. The van der Waals surface area contributed by atoms with Gasteiger partial charge in [-0.2, -0.15) is 0 Å². The molecule has 0 bridgehead atoms. The first-order valence-electron chi connectivity index (χ1n) is 10.4. The molecule has 1 amide bonds. The van der Waals surface area contributed by atoms with Crippen molar-refractivity contribution in [3.8, 4) is 11.3 Å². The van der Waals surface area contributed by atoms with E-state index in [1.54, 1.807) is 45.9 Å². The van der Waals surface area contributed by atoms with E-state index in [2.05, 4.69) is 20.3 Å². The van der Waals surface area contributed by atoms with Crippen molar-refractivity contribution < 1.29 is 22.8 Å². The summed E-state index contributed by atoms with van der Waals surface area (Å²) in [4.78, 5) is 35.8. The number of H-pyrrole nitrogens is 1. The molecule has 0 saturated carbocycles. The number of aromatic nitrogens is 3. The molecule has 6 nitrogen and oxygen atoms in total. The molecule has 0 fully saturated rings. The fourth-order valence-electron chi connectivity index (χ4n) is 3.25. The maximum absolute atomic E-state index is 14.1. The number of imidazole rings is 1. The quantitative estimate of drug-likeness (QED) is 0.478. The molecule has 0 spiro atoms. The van der Waals surface area contributed by atoms with Gasteiger partial charge in [-0.3, -0.25) is 19.9 Å². The molecule has 3 aromatic rings. The van der Waals surface area contributed by atoms with Gasteiger partial charge >= 0.3 is 0 Å². The molecule has 0 aliphatic heterocycles. The highest BCUT2D eigenvalue weighted by Crippen LogP contribution is 2.27. The summed E-state index contributed by atoms with van der Waals surface area (Å²) in [5, 5.41) is 2.45. The van der Waals surface area contributed by atoms with Crippen LogP contribution in [0.25, 0.3) is 11.3 Å². The molecule has 0 saturated heterocycles. The van der Waals surface area contributed by atoms with Gasteiger partial charge in [0.15, 0.2) is 0 Å². The van der Waals surface area contributed by atoms with Crippen LogP contribution < -0.4 is 5.32 Å². The Labute approximate surface area is 189 Å². The summed E-state index contributed by atoms with van der Waals surface area (Å²) in [5.41, 5.74) is 0.0196. The van der Waals surface area contributed by atoms with Crippen LogP contribution >= 0.6 is 0 Å². The largest absolute Gasteiger partial charge is 0.328 e. The summed E-state index contributed by atoms with van der Waals surface area (Å²) in [6, 6.07) is 7.35. The molecule has 0 aliphatic rings. The predicted molar refractivity (Wildman–Crippen MR) is 119 cm³/mol. The molecule has 9 heteroatoms. The molecule has 33 heavy (non-hydrogen) atoms. The number of rotatable bonds is 7. The molecule has 174 valence electrons. The van der Waals surface area contributed by atoms with Gasteiger partial charge in [0, 0.05) is 29.3 Å². The van der Waals surface area contributed by atoms with Crippen LogP contribution in [0.2, 0.25) is 0 Å². The number of alkyl halides is 2. The van der Waals surface area contributed by atoms with E-state index in [0.29, 0.717) is 17.0 Å². The molecule has 2 N–H and O–H groups in total. The zero-order valence-electron chi connectivity index (χ0n) is 18.8. The van der Waals surface area contributed by atoms with Gasteiger partial charge in [-0.15, -0.1) is 0 Å². The Kier molecular flexibility index (Phi) is 7.00. The van der Waals surface area contributed by atoms with E-state index >= 15 is 0 Å². The van der Waals surface area contributed by atoms with Crippen molar-refractivity contribution in [2.45, 2.75) is 47.0 Å². The van der Waals surface area contributed by atoms with E-state index < -0.39 is 29.3 Å². The summed E-state index contributed by atoms with van der Waals surface area (Å²) in [7, 11) is 0. The SMILES string of the molecule is Cc1[nH]c(NC(=O)c2cc(CCC(=O)C(C)(C)C)cnc2C(F)F)nc1-c1ccccc1F. The highest BCUT2D eigenvalue weighted by atomic mass is 19.3. The first kappa shape index (κ1) is 24.2. The lowest BCUT2D eigenvalue weighted by Crippen LogP contribution is -2.21. The van der Waals surface area contributed by atoms with Gasteiger partial charge in [0.2, 0.25) is 5.95 Å². The summed E-state index contributed by atoms with van der Waals surface area (Å²) in [6.45, 7) is 7.05. The molecule has 3 rings (SSSR count). The summed E-state index contributed by atoms with van der Waals surface area (Å²) in [5.74, 6) is -1.32. The van der Waals surface area contributed by atoms with Crippen LogP contribution in [0.1, 0.15) is 60.9 Å². The van der Waals surface area contributed by atoms with Gasteiger partial charge in [-0.1, -0.05) is 32.9 Å². The van der Waals surface area contributed by atoms with E-state index in [0.717, 1.165) is 0 Å². The highest BCUT2D eigenvalue weighted by molar-refractivity contribution is 6.04. The molecule has 0 radical (unpaired) electrons. The smallest absolute Gasteiger partial charge is 0.281 e. The van der Waals surface area contributed by atoms with Crippen LogP contribution in [-0.2, 0) is 11.2 Å². The fraction of sp³-hybridized carbons (Fsp3) is 0.333. The third-order valence-corrected chi connectivity index (χ3v) is 5.15. The van der Waals surface area contributed by atoms with Gasteiger partial charge in [0.1, 0.15) is 17.3 Å². The van der Waals surface area contributed by atoms with Crippen LogP contribution in [0.3, 0.4) is 0 Å². The monoisotopic (exact) mass is 458 g/mol. The van der Waals surface area contributed by atoms with E-state index in [4.69, 9.17) is 0 Å². The van der Waals surface area contributed by atoms with Crippen LogP contribution in [-0.4, -0.2) is 26.6 Å². The third kappa shape index (κ3) is 5.66. The zero-order chi connectivity index (χ0) is 24.3. The Morgan fingerprint density at radius 1 is 1.18 bits per heavy atom. The lowest BCUT2D eigenvalue weighted by atomic mass is 9.87. The molecule has 2 aromatic heterocycles. The zero-order valence-corrected chi connectivity index (χ0v) is 18.8. The average molecular weight is 458 g/mol. The second kappa shape index (κ2) is 9.56. The minimum absolute atomic E-state index is 0.00992. The Hall–Kier alpha value is -3.49. The second-order valence-electron chi connectivity index (χ2n) is 8.74. The number of Topliss-reactive ketones (excluding diaryl/α,β-unsaturated/α-hetero) is 1. The molecular weight excluding hydrogens is 433 g/mol. The van der Waals surface area contributed by atoms with Crippen molar-refractivity contribution in [3.63, 3.8) is 0 Å². The number of benzene rings is 1. The van der Waals surface area contributed by atoms with Crippen LogP contribution in [0.15, 0.2) is 36.5 Å². The molecule has 0 unspecified atom stereocenters. The predicted octanol–water partition coefficient (Wildman–Crippen LogP) is 5.66. The van der Waals surface area contributed by atoms with Crippen molar-refractivity contribution in [1.82, 2.24) is 15.0 Å². The maximum Gasteiger partial charge on any atom is 0.281 e. The van der Waals surface area contributed by atoms with Gasteiger partial charge in [0.05, 0.1) is 11.3 Å². The third-order valence-electron chi connectivity index (χ3n) is 5.15. The van der Waals surface area contributed by atoms with E-state index in [-0.39, 0.29) is 35.7 Å². The average Bonchev–Trinajstić information content (AvgIpc) is 3.10. The number of aryl methyl sites for hydroxylation is 2. The van der Waals surface area contributed by atoms with Gasteiger partial charge in [-0.05, 0) is 37.1 Å². The molecule has 2 heterocycles. The summed E-state index contributed by atoms with van der Waals surface area (Å²) in [6.07, 6.45) is -1.25. The Balaban J connectivity index is 1.85. The van der Waals surface area contributed by atoms with E-state index in [1.165, 1.54) is 18.3 Å². The summed E-state index contributed by atoms with van der Waals surface area (Å²) >= 11 is 0. The number of carbonyl (C=O) groups excluding carboxylic acids is 2. The first-order valence-corrected chi connectivity index (χ1v) is 10.4. The number of halogens is 3. The fourth-order valence-corrected chi connectivity index (χ4v) is 3.25. The Morgan fingerprint density at radius 3 is 2.52 bits per heavy atom. The van der Waals surface area contributed by atoms with E-state index in [9.17, 15) is 22.8 Å². The Morgan fingerprint density at radius 2 is 1.88 bits per heavy atom. The number of pyridine rings is 1. The Bertz CT molecular complexity index is 1180. The number of ketones is 1. The molecule has 0 aliphatic carbocycles. The molecular formula is C24H25F3N4O2.